The molecule has 0 amide bonds. The summed E-state index contributed by atoms with van der Waals surface area (Å²) in [6.45, 7) is 6.06. The fraction of sp³-hybridized carbons (Fsp3) is 0.292. The Balaban J connectivity index is 1.68. The van der Waals surface area contributed by atoms with E-state index >= 15 is 0 Å². The van der Waals surface area contributed by atoms with Crippen LogP contribution in [0.5, 0.6) is 5.75 Å². The van der Waals surface area contributed by atoms with Gasteiger partial charge in [0.2, 0.25) is 5.89 Å². The summed E-state index contributed by atoms with van der Waals surface area (Å²) in [5, 5.41) is 0.644. The lowest BCUT2D eigenvalue weighted by Crippen LogP contribution is -2.20. The number of aryl methyl sites for hydroxylation is 3. The molecule has 0 aliphatic heterocycles. The van der Waals surface area contributed by atoms with Gasteiger partial charge in [0, 0.05) is 23.6 Å². The highest BCUT2D eigenvalue weighted by Gasteiger charge is 2.21. The summed E-state index contributed by atoms with van der Waals surface area (Å²) in [5.41, 5.74) is 2.24. The molecule has 0 bridgehead atoms. The van der Waals surface area contributed by atoms with Crippen LogP contribution >= 0.6 is 11.8 Å². The molecule has 0 saturated heterocycles. The lowest BCUT2D eigenvalue weighted by molar-refractivity contribution is 0.0602. The quantitative estimate of drug-likeness (QED) is 0.219. The van der Waals surface area contributed by atoms with Crippen molar-refractivity contribution in [3.8, 4) is 17.2 Å². The van der Waals surface area contributed by atoms with Gasteiger partial charge in [-0.1, -0.05) is 11.8 Å². The third kappa shape index (κ3) is 4.41. The first-order valence-corrected chi connectivity index (χ1v) is 11.6. The summed E-state index contributed by atoms with van der Waals surface area (Å²) in [4.78, 5) is 38.6. The number of thioether (sulfide) groups is 1. The predicted octanol–water partition coefficient (Wildman–Crippen LogP) is 4.17. The maximum Gasteiger partial charge on any atom is 0.338 e. The van der Waals surface area contributed by atoms with Crippen molar-refractivity contribution in [3.63, 3.8) is 0 Å². The molecule has 0 unspecified atom stereocenters. The van der Waals surface area contributed by atoms with E-state index in [1.54, 1.807) is 20.1 Å². The second-order valence-corrected chi connectivity index (χ2v) is 8.43. The van der Waals surface area contributed by atoms with Gasteiger partial charge in [-0.05, 0) is 51.1 Å². The molecule has 0 radical (unpaired) electrons. The number of carbonyl (C=O) groups is 1. The molecule has 0 atom stereocenters. The standard InChI is InChI=1S/C24H24N4O5S/c1-6-28-20-19(17(23(30)32-5)11-13(2)25-20)21(29)27-24(28)34-12-18-14(3)33-22(26-18)15-7-9-16(31-4)10-8-15/h7-11H,6,12H2,1-5H3. The van der Waals surface area contributed by atoms with Gasteiger partial charge in [0.25, 0.3) is 5.56 Å². The van der Waals surface area contributed by atoms with E-state index in [0.29, 0.717) is 40.4 Å². The van der Waals surface area contributed by atoms with Crippen LogP contribution in [0.3, 0.4) is 0 Å². The van der Waals surface area contributed by atoms with Crippen LogP contribution in [-0.4, -0.2) is 39.7 Å². The second kappa shape index (κ2) is 9.68. The number of hydrogen-bond acceptors (Lipinski definition) is 9. The van der Waals surface area contributed by atoms with Crippen LogP contribution < -0.4 is 10.3 Å². The number of oxazole rings is 1. The third-order valence-electron chi connectivity index (χ3n) is 5.32. The summed E-state index contributed by atoms with van der Waals surface area (Å²) in [5.74, 6) is 1.80. The van der Waals surface area contributed by atoms with Gasteiger partial charge >= 0.3 is 5.97 Å². The summed E-state index contributed by atoms with van der Waals surface area (Å²) in [6.07, 6.45) is 0. The van der Waals surface area contributed by atoms with E-state index in [0.717, 1.165) is 17.0 Å². The number of hydrogen-bond donors (Lipinski definition) is 0. The SMILES string of the molecule is CCn1c(SCc2nc(-c3ccc(OC)cc3)oc2C)nc(=O)c2c(C(=O)OC)cc(C)nc21. The Morgan fingerprint density at radius 2 is 1.85 bits per heavy atom. The van der Waals surface area contributed by atoms with Crippen molar-refractivity contribution in [2.75, 3.05) is 14.2 Å². The molecule has 0 fully saturated rings. The van der Waals surface area contributed by atoms with Crippen molar-refractivity contribution in [3.05, 3.63) is 63.4 Å². The van der Waals surface area contributed by atoms with Crippen LogP contribution in [0.15, 0.2) is 44.7 Å². The molecular weight excluding hydrogens is 456 g/mol. The monoisotopic (exact) mass is 480 g/mol. The number of nitrogens with zero attached hydrogens (tertiary/aromatic N) is 4. The highest BCUT2D eigenvalue weighted by atomic mass is 32.2. The molecule has 0 spiro atoms. The Labute approximate surface area is 200 Å². The fourth-order valence-electron chi connectivity index (χ4n) is 3.57. The first kappa shape index (κ1) is 23.5. The Kier molecular flexibility index (Phi) is 6.69. The topological polar surface area (TPSA) is 109 Å². The Hall–Kier alpha value is -3.66. The molecule has 9 nitrogen and oxygen atoms in total. The molecule has 10 heteroatoms. The molecule has 0 aliphatic rings. The molecule has 1 aromatic carbocycles. The molecule has 0 N–H and O–H groups in total. The van der Waals surface area contributed by atoms with Gasteiger partial charge < -0.3 is 18.5 Å². The highest BCUT2D eigenvalue weighted by molar-refractivity contribution is 7.98. The Bertz CT molecular complexity index is 1430. The van der Waals surface area contributed by atoms with Crippen LogP contribution in [-0.2, 0) is 17.0 Å². The molecule has 4 aromatic rings. The molecular formula is C24H24N4O5S. The van der Waals surface area contributed by atoms with Gasteiger partial charge in [0.1, 0.15) is 17.2 Å². The van der Waals surface area contributed by atoms with Crippen molar-refractivity contribution < 1.29 is 18.7 Å². The van der Waals surface area contributed by atoms with E-state index in [1.807, 2.05) is 42.7 Å². The van der Waals surface area contributed by atoms with E-state index in [4.69, 9.17) is 13.9 Å². The van der Waals surface area contributed by atoms with Crippen molar-refractivity contribution in [2.24, 2.45) is 0 Å². The number of carbonyl (C=O) groups excluding carboxylic acids is 1. The van der Waals surface area contributed by atoms with Crippen LogP contribution in [0.25, 0.3) is 22.5 Å². The zero-order valence-electron chi connectivity index (χ0n) is 19.5. The van der Waals surface area contributed by atoms with Crippen molar-refractivity contribution in [2.45, 2.75) is 38.2 Å². The van der Waals surface area contributed by atoms with Crippen molar-refractivity contribution in [1.29, 1.82) is 0 Å². The average Bonchev–Trinajstić information content (AvgIpc) is 3.21. The third-order valence-corrected chi connectivity index (χ3v) is 6.30. The predicted molar refractivity (Wildman–Crippen MR) is 128 cm³/mol. The molecule has 34 heavy (non-hydrogen) atoms. The number of methoxy groups -OCH3 is 2. The average molecular weight is 481 g/mol. The highest BCUT2D eigenvalue weighted by Crippen LogP contribution is 2.29. The molecule has 0 saturated carbocycles. The molecule has 3 aromatic heterocycles. The van der Waals surface area contributed by atoms with E-state index in [2.05, 4.69) is 15.0 Å². The number of benzene rings is 1. The van der Waals surface area contributed by atoms with Gasteiger partial charge in [-0.3, -0.25) is 4.79 Å². The van der Waals surface area contributed by atoms with E-state index in [-0.39, 0.29) is 10.9 Å². The summed E-state index contributed by atoms with van der Waals surface area (Å²) in [7, 11) is 2.89. The van der Waals surface area contributed by atoms with Gasteiger partial charge in [-0.25, -0.2) is 14.8 Å². The number of fused-ring (bicyclic) bond motifs is 1. The maximum absolute atomic E-state index is 12.9. The van der Waals surface area contributed by atoms with Gasteiger partial charge in [-0.15, -0.1) is 0 Å². The smallest absolute Gasteiger partial charge is 0.338 e. The van der Waals surface area contributed by atoms with Crippen molar-refractivity contribution >= 4 is 28.8 Å². The zero-order valence-corrected chi connectivity index (χ0v) is 20.4. The number of aromatic nitrogens is 4. The summed E-state index contributed by atoms with van der Waals surface area (Å²) in [6, 6.07) is 9.00. The van der Waals surface area contributed by atoms with Gasteiger partial charge in [0.05, 0.1) is 30.9 Å². The Morgan fingerprint density at radius 1 is 1.12 bits per heavy atom. The van der Waals surface area contributed by atoms with E-state index in [1.165, 1.54) is 18.9 Å². The lowest BCUT2D eigenvalue weighted by atomic mass is 10.1. The van der Waals surface area contributed by atoms with Gasteiger partial charge in [-0.2, -0.15) is 4.98 Å². The molecule has 4 rings (SSSR count). The largest absolute Gasteiger partial charge is 0.497 e. The minimum atomic E-state index is -0.596. The van der Waals surface area contributed by atoms with Gasteiger partial charge in [0.15, 0.2) is 5.16 Å². The molecule has 176 valence electrons. The minimum Gasteiger partial charge on any atom is -0.497 e. The first-order chi connectivity index (χ1) is 16.4. The summed E-state index contributed by atoms with van der Waals surface area (Å²) >= 11 is 1.36. The van der Waals surface area contributed by atoms with Crippen molar-refractivity contribution in [1.82, 2.24) is 19.5 Å². The number of pyridine rings is 1. The van der Waals surface area contributed by atoms with Crippen LogP contribution in [0.4, 0.5) is 0 Å². The number of ether oxygens (including phenoxy) is 2. The van der Waals surface area contributed by atoms with Crippen LogP contribution in [0, 0.1) is 13.8 Å². The van der Waals surface area contributed by atoms with E-state index < -0.39 is 11.5 Å². The normalized spacial score (nSPS) is 11.1. The lowest BCUT2D eigenvalue weighted by Gasteiger charge is -2.14. The zero-order chi connectivity index (χ0) is 24.4. The molecule has 3 heterocycles. The Morgan fingerprint density at radius 3 is 2.50 bits per heavy atom. The second-order valence-electron chi connectivity index (χ2n) is 7.48. The number of esters is 1. The maximum atomic E-state index is 12.9. The van der Waals surface area contributed by atoms with Crippen LogP contribution in [0.1, 0.15) is 34.4 Å². The molecule has 0 aliphatic carbocycles. The minimum absolute atomic E-state index is 0.156. The summed E-state index contributed by atoms with van der Waals surface area (Å²) < 4.78 is 17.7. The number of rotatable bonds is 7. The van der Waals surface area contributed by atoms with E-state index in [9.17, 15) is 9.59 Å². The first-order valence-electron chi connectivity index (χ1n) is 10.6. The van der Waals surface area contributed by atoms with Crippen LogP contribution in [0.2, 0.25) is 0 Å². The fourth-order valence-corrected chi connectivity index (χ4v) is 4.63.